The van der Waals surface area contributed by atoms with E-state index in [0.717, 1.165) is 13.2 Å². The van der Waals surface area contributed by atoms with E-state index in [1.165, 1.54) is 36.5 Å². The summed E-state index contributed by atoms with van der Waals surface area (Å²) < 4.78 is 18.5. The number of allylic oxidation sites excluding steroid dienone is 2. The second kappa shape index (κ2) is 10.6. The molecule has 236 valence electrons. The third-order valence-electron chi connectivity index (χ3n) is 8.77. The van der Waals surface area contributed by atoms with Crippen molar-refractivity contribution in [1.29, 1.82) is 0 Å². The number of aromatic amines is 1. The Labute approximate surface area is 276 Å². The largest absolute Gasteiger partial charge is 0.507 e. The van der Waals surface area contributed by atoms with E-state index in [9.17, 15) is 43.7 Å². The Kier molecular flexibility index (Phi) is 6.82. The van der Waals surface area contributed by atoms with Crippen LogP contribution < -0.4 is 5.56 Å². The smallest absolute Gasteiger partial charge is 0.260 e. The van der Waals surface area contributed by atoms with Gasteiger partial charge in [-0.1, -0.05) is 17.3 Å². The first kappa shape index (κ1) is 30.3. The van der Waals surface area contributed by atoms with Crippen LogP contribution in [0.1, 0.15) is 70.2 Å². The number of fused-ring (bicyclic) bond motifs is 5. The number of phenols is 3. The van der Waals surface area contributed by atoms with E-state index in [-0.39, 0.29) is 36.1 Å². The highest BCUT2D eigenvalue weighted by Crippen LogP contribution is 2.58. The molecule has 0 unspecified atom stereocenters. The van der Waals surface area contributed by atoms with Crippen molar-refractivity contribution in [2.24, 2.45) is 5.16 Å². The van der Waals surface area contributed by atoms with Gasteiger partial charge in [-0.05, 0) is 64.8 Å². The molecule has 47 heavy (non-hydrogen) atoms. The molecule has 4 N–H and O–H groups in total. The van der Waals surface area contributed by atoms with E-state index >= 15 is 0 Å². The molecule has 1 aromatic heterocycles. The molecule has 3 aromatic carbocycles. The zero-order valence-corrected chi connectivity index (χ0v) is 26.2. The van der Waals surface area contributed by atoms with E-state index in [4.69, 9.17) is 9.57 Å². The maximum absolute atomic E-state index is 14.2. The number of hydrogen-bond donors (Lipinski definition) is 4. The van der Waals surface area contributed by atoms with Crippen LogP contribution in [0, 0.1) is 9.39 Å². The molecule has 0 aliphatic heterocycles. The summed E-state index contributed by atoms with van der Waals surface area (Å²) in [5, 5.41) is 37.9. The lowest BCUT2D eigenvalue weighted by Crippen LogP contribution is -2.36. The zero-order chi connectivity index (χ0) is 33.5. The van der Waals surface area contributed by atoms with Crippen molar-refractivity contribution in [3.05, 3.63) is 107 Å². The molecule has 3 aliphatic rings. The molecule has 7 rings (SSSR count). The van der Waals surface area contributed by atoms with Crippen LogP contribution in [0.4, 0.5) is 4.39 Å². The van der Waals surface area contributed by atoms with Gasteiger partial charge in [-0.2, -0.15) is 0 Å². The minimum Gasteiger partial charge on any atom is -0.507 e. The Morgan fingerprint density at radius 2 is 1.64 bits per heavy atom. The molecule has 12 nitrogen and oxygen atoms in total. The number of pyridine rings is 1. The van der Waals surface area contributed by atoms with Crippen LogP contribution in [-0.2, 0) is 28.0 Å². The number of phenolic OH excluding ortho intramolecular Hbond substituents is 3. The number of aromatic nitrogens is 1. The zero-order valence-electron chi connectivity index (χ0n) is 24.1. The first-order valence-corrected chi connectivity index (χ1v) is 15.1. The number of ketones is 4. The number of Topliss-reactive ketones (excluding diaryl/α,β-unsaturated/α-hetero) is 3. The van der Waals surface area contributed by atoms with Gasteiger partial charge in [0.2, 0.25) is 5.78 Å². The molecule has 0 radical (unpaired) electrons. The van der Waals surface area contributed by atoms with Crippen LogP contribution >= 0.6 is 22.6 Å². The molecule has 0 amide bonds. The quantitative estimate of drug-likeness (QED) is 0.0759. The van der Waals surface area contributed by atoms with Gasteiger partial charge in [0.1, 0.15) is 35.1 Å². The molecule has 0 fully saturated rings. The molecular formula is C33H20FIN2O10. The Hall–Kier alpha value is -5.38. The lowest BCUT2D eigenvalue weighted by Gasteiger charge is -2.23. The van der Waals surface area contributed by atoms with Gasteiger partial charge in [0.25, 0.3) is 5.56 Å². The third kappa shape index (κ3) is 4.10. The molecule has 0 saturated carbocycles. The number of halogens is 2. The number of carbonyl (C=O) groups excluding carboxylic acids is 4. The van der Waals surface area contributed by atoms with Crippen LogP contribution in [-0.4, -0.2) is 56.8 Å². The van der Waals surface area contributed by atoms with E-state index in [1.807, 2.05) is 22.6 Å². The fourth-order valence-corrected chi connectivity index (χ4v) is 7.62. The van der Waals surface area contributed by atoms with Crippen molar-refractivity contribution < 1.29 is 48.5 Å². The summed E-state index contributed by atoms with van der Waals surface area (Å²) in [6.07, 6.45) is 1.95. The van der Waals surface area contributed by atoms with Gasteiger partial charge < -0.3 is 29.9 Å². The van der Waals surface area contributed by atoms with Crippen molar-refractivity contribution in [2.45, 2.75) is 24.9 Å². The van der Waals surface area contributed by atoms with Crippen molar-refractivity contribution in [1.82, 2.24) is 4.98 Å². The fraction of sp³-hybridized carbons (Fsp3) is 0.152. The van der Waals surface area contributed by atoms with Crippen LogP contribution in [0.15, 0.2) is 52.1 Å². The van der Waals surface area contributed by atoms with Crippen molar-refractivity contribution in [3.63, 3.8) is 0 Å². The van der Waals surface area contributed by atoms with Gasteiger partial charge >= 0.3 is 0 Å². The van der Waals surface area contributed by atoms with Crippen molar-refractivity contribution in [3.8, 4) is 17.2 Å². The highest BCUT2D eigenvalue weighted by atomic mass is 127. The number of benzene rings is 3. The summed E-state index contributed by atoms with van der Waals surface area (Å²) in [5.41, 5.74) is -4.43. The molecule has 0 saturated heterocycles. The van der Waals surface area contributed by atoms with Gasteiger partial charge in [-0.3, -0.25) is 24.0 Å². The van der Waals surface area contributed by atoms with Crippen molar-refractivity contribution in [2.75, 3.05) is 7.11 Å². The molecule has 0 bridgehead atoms. The summed E-state index contributed by atoms with van der Waals surface area (Å²) in [5.74, 6) is -7.25. The second-order valence-corrected chi connectivity index (χ2v) is 12.2. The predicted molar refractivity (Wildman–Crippen MR) is 170 cm³/mol. The topological polar surface area (TPSA) is 193 Å². The van der Waals surface area contributed by atoms with E-state index in [1.54, 1.807) is 0 Å². The molecule has 1 atom stereocenters. The molecule has 1 heterocycles. The van der Waals surface area contributed by atoms with E-state index in [0.29, 0.717) is 20.1 Å². The maximum Gasteiger partial charge on any atom is 0.260 e. The number of rotatable bonds is 5. The average molecular weight is 750 g/mol. The SMILES string of the molecule is COC1=CC(=O)c2c(O)c3c(c(O)c2C1=O)C(=O)[C@]1(CCc2c1c(O)c1c(=O)[nH]c(C=NOCc4ccc(F)cc4)cc1c2I)C3=O. The summed E-state index contributed by atoms with van der Waals surface area (Å²) in [6.45, 7) is 0.0351. The second-order valence-electron chi connectivity index (χ2n) is 11.2. The summed E-state index contributed by atoms with van der Waals surface area (Å²) >= 11 is 1.95. The molecule has 3 aliphatic carbocycles. The Bertz CT molecular complexity index is 2290. The fourth-order valence-electron chi connectivity index (χ4n) is 6.66. The summed E-state index contributed by atoms with van der Waals surface area (Å²) in [7, 11) is 1.13. The number of H-pyrrole nitrogens is 1. The van der Waals surface area contributed by atoms with Crippen LogP contribution in [0.5, 0.6) is 17.2 Å². The van der Waals surface area contributed by atoms with E-state index < -0.39 is 85.2 Å². The maximum atomic E-state index is 14.2. The van der Waals surface area contributed by atoms with Crippen LogP contribution in [0.3, 0.4) is 0 Å². The third-order valence-corrected chi connectivity index (χ3v) is 10.0. The predicted octanol–water partition coefficient (Wildman–Crippen LogP) is 4.11. The van der Waals surface area contributed by atoms with Crippen molar-refractivity contribution >= 4 is 62.7 Å². The Morgan fingerprint density at radius 1 is 0.979 bits per heavy atom. The van der Waals surface area contributed by atoms with E-state index in [2.05, 4.69) is 10.1 Å². The number of hydrogen-bond acceptors (Lipinski definition) is 11. The van der Waals surface area contributed by atoms with Crippen LogP contribution in [0.25, 0.3) is 10.8 Å². The molecule has 14 heteroatoms. The van der Waals surface area contributed by atoms with Gasteiger partial charge in [-0.25, -0.2) is 4.39 Å². The van der Waals surface area contributed by atoms with Gasteiger partial charge in [0.15, 0.2) is 23.1 Å². The number of carbonyl (C=O) groups is 4. The standard InChI is InChI=1S/C33H20FIN2O10/c1-46-18-9-17(38)20-21(26(18)39)28(41)23-22(27(20)40)30(43)33(31(23)44)7-6-15-24(33)29(42)19-16(25(15)35)8-14(37-32(19)45)10-36-47-11-12-2-4-13(34)5-3-12/h2-5,8-10,40-42H,6-7,11H2,1H3,(H,37,45)/t33-/m0/s1. The molecule has 4 aromatic rings. The number of methoxy groups -OCH3 is 1. The Balaban J connectivity index is 1.33. The minimum atomic E-state index is -2.15. The van der Waals surface area contributed by atoms with Gasteiger partial charge in [-0.15, -0.1) is 0 Å². The van der Waals surface area contributed by atoms with Gasteiger partial charge in [0, 0.05) is 20.6 Å². The highest BCUT2D eigenvalue weighted by molar-refractivity contribution is 14.1. The summed E-state index contributed by atoms with van der Waals surface area (Å²) in [6, 6.07) is 7.15. The minimum absolute atomic E-state index is 0.0351. The number of nitrogens with zero attached hydrogens (tertiary/aromatic N) is 1. The Morgan fingerprint density at radius 3 is 2.30 bits per heavy atom. The normalized spacial score (nSPS) is 18.2. The number of aromatic hydroxyl groups is 3. The first-order valence-electron chi connectivity index (χ1n) is 14.0. The number of ether oxygens (including phenoxy) is 1. The van der Waals surface area contributed by atoms with Crippen LogP contribution in [0.2, 0.25) is 0 Å². The summed E-state index contributed by atoms with van der Waals surface area (Å²) in [4.78, 5) is 75.4. The lowest BCUT2D eigenvalue weighted by atomic mass is 9.76. The van der Waals surface area contributed by atoms with Gasteiger partial charge in [0.05, 0.1) is 46.7 Å². The highest BCUT2D eigenvalue weighted by Gasteiger charge is 2.62. The molecule has 1 spiro atoms. The number of oxime groups is 1. The first-order chi connectivity index (χ1) is 22.4. The molecular weight excluding hydrogens is 730 g/mol. The lowest BCUT2D eigenvalue weighted by molar-refractivity contribution is 0.0790. The average Bonchev–Trinajstić information content (AvgIpc) is 3.55. The number of nitrogens with one attached hydrogen (secondary N) is 1. The monoisotopic (exact) mass is 750 g/mol.